The first-order valence-electron chi connectivity index (χ1n) is 4.57. The zero-order valence-electron chi connectivity index (χ0n) is 8.78. The van der Waals surface area contributed by atoms with Crippen LogP contribution in [0.15, 0.2) is 0 Å². The van der Waals surface area contributed by atoms with Gasteiger partial charge in [-0.05, 0) is 13.3 Å². The molecule has 0 aliphatic rings. The molecule has 0 spiro atoms. The Morgan fingerprint density at radius 2 is 1.53 bits per heavy atom. The zero-order chi connectivity index (χ0) is 11.9. The maximum absolute atomic E-state index is 10.3. The average molecular weight is 250 g/mol. The quantitative estimate of drug-likeness (QED) is 0.539. The highest BCUT2D eigenvalue weighted by Crippen LogP contribution is 2.40. The molecule has 0 aromatic heterocycles. The molecule has 0 amide bonds. The van der Waals surface area contributed by atoms with Gasteiger partial charge in [0, 0.05) is 11.5 Å². The first kappa shape index (κ1) is 14.6. The van der Waals surface area contributed by atoms with Crippen molar-refractivity contribution in [3.63, 3.8) is 0 Å². The van der Waals surface area contributed by atoms with Gasteiger partial charge in [-0.15, -0.1) is 23.5 Å². The topological polar surface area (TPSA) is 80.3 Å². The molecule has 6 heteroatoms. The van der Waals surface area contributed by atoms with E-state index in [-0.39, 0.29) is 11.5 Å². The lowest BCUT2D eigenvalue weighted by Crippen LogP contribution is -2.30. The van der Waals surface area contributed by atoms with Gasteiger partial charge in [-0.3, -0.25) is 0 Å². The van der Waals surface area contributed by atoms with E-state index in [9.17, 15) is 19.8 Å². The third kappa shape index (κ3) is 7.56. The molecule has 0 aromatic carbocycles. The number of aliphatic carboxylic acids is 2. The fourth-order valence-electron chi connectivity index (χ4n) is 1.06. The Balaban J connectivity index is 4.17. The molecule has 0 saturated heterocycles. The van der Waals surface area contributed by atoms with Crippen LogP contribution >= 0.6 is 23.5 Å². The van der Waals surface area contributed by atoms with Gasteiger partial charge in [0.1, 0.15) is 0 Å². The molecule has 0 aliphatic carbocycles. The number of thioether (sulfide) groups is 2. The molecule has 0 bridgehead atoms. The first-order chi connectivity index (χ1) is 6.89. The number of carboxylic acids is 2. The maximum Gasteiger partial charge on any atom is 0.0590 e. The Hall–Kier alpha value is -0.360. The van der Waals surface area contributed by atoms with Crippen molar-refractivity contribution in [3.8, 4) is 0 Å². The van der Waals surface area contributed by atoms with Crippen LogP contribution in [0.4, 0.5) is 0 Å². The van der Waals surface area contributed by atoms with Gasteiger partial charge in [0.2, 0.25) is 0 Å². The largest absolute Gasteiger partial charge is 0.549 e. The number of rotatable bonds is 8. The Kier molecular flexibility index (Phi) is 6.84. The summed E-state index contributed by atoms with van der Waals surface area (Å²) in [5.41, 5.74) is 0. The van der Waals surface area contributed by atoms with Crippen molar-refractivity contribution in [2.75, 3.05) is 11.5 Å². The van der Waals surface area contributed by atoms with Crippen LogP contribution in [0.5, 0.6) is 0 Å². The van der Waals surface area contributed by atoms with Crippen molar-refractivity contribution in [3.05, 3.63) is 0 Å². The summed E-state index contributed by atoms with van der Waals surface area (Å²) in [4.78, 5) is 20.6. The molecule has 0 atom stereocenters. The summed E-state index contributed by atoms with van der Waals surface area (Å²) in [6.45, 7) is 3.81. The molecular formula is C9H14O4S2-2. The van der Waals surface area contributed by atoms with Gasteiger partial charge >= 0.3 is 0 Å². The number of carbonyl (C=O) groups is 2. The Labute approximate surface area is 97.8 Å². The maximum atomic E-state index is 10.3. The van der Waals surface area contributed by atoms with Gasteiger partial charge in [0.05, 0.1) is 16.0 Å². The van der Waals surface area contributed by atoms with Crippen LogP contribution in [0.2, 0.25) is 0 Å². The van der Waals surface area contributed by atoms with E-state index in [1.54, 1.807) is 0 Å². The minimum Gasteiger partial charge on any atom is -0.549 e. The second-order valence-electron chi connectivity index (χ2n) is 3.21. The van der Waals surface area contributed by atoms with Crippen molar-refractivity contribution in [2.24, 2.45) is 0 Å². The molecule has 0 unspecified atom stereocenters. The molecule has 4 nitrogen and oxygen atoms in total. The number of carbonyl (C=O) groups excluding carboxylic acids is 2. The summed E-state index contributed by atoms with van der Waals surface area (Å²) in [5, 5.41) is 20.6. The molecule has 0 heterocycles. The third-order valence-corrected chi connectivity index (χ3v) is 4.79. The second kappa shape index (κ2) is 7.00. The normalized spacial score (nSPS) is 11.3. The lowest BCUT2D eigenvalue weighted by atomic mass is 10.3. The summed E-state index contributed by atoms with van der Waals surface area (Å²) in [6, 6.07) is 0. The lowest BCUT2D eigenvalue weighted by Gasteiger charge is -2.28. The van der Waals surface area contributed by atoms with Crippen molar-refractivity contribution in [1.29, 1.82) is 0 Å². The molecule has 15 heavy (non-hydrogen) atoms. The van der Waals surface area contributed by atoms with Gasteiger partial charge in [-0.2, -0.15) is 0 Å². The van der Waals surface area contributed by atoms with Gasteiger partial charge in [-0.1, -0.05) is 13.3 Å². The fourth-order valence-corrected chi connectivity index (χ4v) is 3.29. The molecule has 88 valence electrons. The molecule has 0 aliphatic heterocycles. The Bertz CT molecular complexity index is 212. The molecule has 0 saturated carbocycles. The van der Waals surface area contributed by atoms with E-state index in [1.807, 2.05) is 13.8 Å². The highest BCUT2D eigenvalue weighted by Gasteiger charge is 2.24. The Morgan fingerprint density at radius 3 is 1.80 bits per heavy atom. The Morgan fingerprint density at radius 1 is 1.13 bits per heavy atom. The van der Waals surface area contributed by atoms with E-state index in [1.165, 1.54) is 23.5 Å². The number of hydrogen-bond acceptors (Lipinski definition) is 6. The predicted molar refractivity (Wildman–Crippen MR) is 58.2 cm³/mol. The highest BCUT2D eigenvalue weighted by molar-refractivity contribution is 8.18. The first-order valence-corrected chi connectivity index (χ1v) is 6.54. The van der Waals surface area contributed by atoms with E-state index < -0.39 is 16.0 Å². The summed E-state index contributed by atoms with van der Waals surface area (Å²) in [7, 11) is 0. The average Bonchev–Trinajstić information content (AvgIpc) is 2.13. The fraction of sp³-hybridized carbons (Fsp3) is 0.778. The summed E-state index contributed by atoms with van der Waals surface area (Å²) in [6.07, 6.45) is 1.62. The minimum absolute atomic E-state index is 0.115. The SMILES string of the molecule is CCCC(C)(SCC(=O)[O-])SCC(=O)[O-]. The van der Waals surface area contributed by atoms with E-state index in [4.69, 9.17) is 0 Å². The summed E-state index contributed by atoms with van der Waals surface area (Å²) >= 11 is 2.42. The smallest absolute Gasteiger partial charge is 0.0590 e. The molecular weight excluding hydrogens is 236 g/mol. The monoisotopic (exact) mass is 250 g/mol. The van der Waals surface area contributed by atoms with Crippen LogP contribution in [0.1, 0.15) is 26.7 Å². The van der Waals surface area contributed by atoms with E-state index in [0.717, 1.165) is 12.8 Å². The predicted octanol–water partition coefficient (Wildman–Crippen LogP) is -0.531. The molecule has 0 radical (unpaired) electrons. The summed E-state index contributed by atoms with van der Waals surface area (Å²) < 4.78 is -0.394. The van der Waals surface area contributed by atoms with E-state index in [0.29, 0.717) is 0 Å². The molecule has 0 N–H and O–H groups in total. The van der Waals surface area contributed by atoms with Gasteiger partial charge in [0.25, 0.3) is 0 Å². The van der Waals surface area contributed by atoms with Crippen LogP contribution in [0.3, 0.4) is 0 Å². The number of hydrogen-bond donors (Lipinski definition) is 0. The van der Waals surface area contributed by atoms with Crippen molar-refractivity contribution < 1.29 is 19.8 Å². The van der Waals surface area contributed by atoms with E-state index in [2.05, 4.69) is 0 Å². The molecule has 0 aromatic rings. The number of carboxylic acid groups (broad SMARTS) is 2. The van der Waals surface area contributed by atoms with Crippen molar-refractivity contribution in [1.82, 2.24) is 0 Å². The lowest BCUT2D eigenvalue weighted by molar-refractivity contribution is -0.302. The van der Waals surface area contributed by atoms with Gasteiger partial charge in [0.15, 0.2) is 0 Å². The van der Waals surface area contributed by atoms with Gasteiger partial charge < -0.3 is 19.8 Å². The molecule has 0 rings (SSSR count). The standard InChI is InChI=1S/C9H16O4S2/c1-3-4-9(2,14-5-7(10)11)15-6-8(12)13/h3-6H2,1-2H3,(H,10,11)(H,12,13)/p-2. The van der Waals surface area contributed by atoms with E-state index >= 15 is 0 Å². The highest BCUT2D eigenvalue weighted by atomic mass is 32.2. The zero-order valence-corrected chi connectivity index (χ0v) is 10.4. The van der Waals surface area contributed by atoms with Crippen LogP contribution < -0.4 is 10.2 Å². The van der Waals surface area contributed by atoms with Gasteiger partial charge in [-0.25, -0.2) is 0 Å². The van der Waals surface area contributed by atoms with Crippen LogP contribution in [-0.2, 0) is 9.59 Å². The summed E-state index contributed by atoms with van der Waals surface area (Å²) in [5.74, 6) is -2.49. The third-order valence-electron chi connectivity index (χ3n) is 1.69. The van der Waals surface area contributed by atoms with Crippen LogP contribution in [-0.4, -0.2) is 27.5 Å². The van der Waals surface area contributed by atoms with Crippen molar-refractivity contribution in [2.45, 2.75) is 30.8 Å². The second-order valence-corrected chi connectivity index (χ2v) is 6.42. The minimum atomic E-state index is -1.13. The van der Waals surface area contributed by atoms with Crippen LogP contribution in [0, 0.1) is 0 Å². The molecule has 0 fully saturated rings. The van der Waals surface area contributed by atoms with Crippen molar-refractivity contribution >= 4 is 35.5 Å². The van der Waals surface area contributed by atoms with Crippen LogP contribution in [0.25, 0.3) is 0 Å².